The molecule has 0 spiro atoms. The summed E-state index contributed by atoms with van der Waals surface area (Å²) in [6, 6.07) is 68.1. The molecule has 0 amide bonds. The third-order valence-electron chi connectivity index (χ3n) is 10.7. The van der Waals surface area contributed by atoms with E-state index in [4.69, 9.17) is 13.8 Å². The lowest BCUT2D eigenvalue weighted by molar-refractivity contribution is 0.623. The van der Waals surface area contributed by atoms with Crippen LogP contribution in [0.3, 0.4) is 0 Å². The van der Waals surface area contributed by atoms with E-state index in [1.165, 1.54) is 11.1 Å². The van der Waals surface area contributed by atoms with Crippen LogP contribution >= 0.6 is 0 Å². The minimum absolute atomic E-state index is 0.616. The Kier molecular flexibility index (Phi) is 7.14. The molecule has 0 saturated heterocycles. The summed E-state index contributed by atoms with van der Waals surface area (Å²) >= 11 is 0. The molecule has 0 unspecified atom stereocenters. The summed E-state index contributed by atoms with van der Waals surface area (Å²) in [6.45, 7) is 0. The molecule has 55 heavy (non-hydrogen) atoms. The minimum atomic E-state index is 0.616. The summed E-state index contributed by atoms with van der Waals surface area (Å²) in [5.74, 6) is 0.616. The zero-order valence-electron chi connectivity index (χ0n) is 29.7. The number of benzene rings is 9. The van der Waals surface area contributed by atoms with Crippen molar-refractivity contribution in [1.29, 1.82) is 0 Å². The van der Waals surface area contributed by atoms with E-state index in [-0.39, 0.29) is 0 Å². The molecular formula is C51H32N2O2. The van der Waals surface area contributed by atoms with Crippen LogP contribution < -0.4 is 4.90 Å². The van der Waals surface area contributed by atoms with Gasteiger partial charge in [-0.25, -0.2) is 4.98 Å². The summed E-state index contributed by atoms with van der Waals surface area (Å²) < 4.78 is 12.9. The molecule has 258 valence electrons. The third-order valence-corrected chi connectivity index (χ3v) is 10.7. The molecule has 0 fully saturated rings. The molecule has 0 aliphatic carbocycles. The summed E-state index contributed by atoms with van der Waals surface area (Å²) in [6.07, 6.45) is 0. The topological polar surface area (TPSA) is 42.4 Å². The van der Waals surface area contributed by atoms with Crippen LogP contribution in [-0.2, 0) is 0 Å². The van der Waals surface area contributed by atoms with Crippen LogP contribution in [0.4, 0.5) is 17.1 Å². The van der Waals surface area contributed by atoms with E-state index in [0.29, 0.717) is 5.89 Å². The number of oxazole rings is 1. The fourth-order valence-electron chi connectivity index (χ4n) is 8.04. The molecule has 0 atom stereocenters. The van der Waals surface area contributed by atoms with Gasteiger partial charge in [-0.15, -0.1) is 0 Å². The maximum absolute atomic E-state index is 6.66. The highest BCUT2D eigenvalue weighted by Gasteiger charge is 2.19. The van der Waals surface area contributed by atoms with Gasteiger partial charge in [-0.05, 0) is 117 Å². The number of nitrogens with zero attached hydrogens (tertiary/aromatic N) is 2. The average Bonchev–Trinajstić information content (AvgIpc) is 3.86. The van der Waals surface area contributed by atoms with Crippen molar-refractivity contribution in [3.8, 4) is 33.7 Å². The number of anilines is 3. The molecule has 4 heteroatoms. The molecule has 9 aromatic carbocycles. The highest BCUT2D eigenvalue weighted by molar-refractivity contribution is 6.22. The Morgan fingerprint density at radius 2 is 1.02 bits per heavy atom. The van der Waals surface area contributed by atoms with Crippen LogP contribution in [0.15, 0.2) is 203 Å². The molecule has 2 aromatic heterocycles. The molecular weight excluding hydrogens is 673 g/mol. The van der Waals surface area contributed by atoms with Gasteiger partial charge in [0.25, 0.3) is 0 Å². The largest absolute Gasteiger partial charge is 0.456 e. The zero-order valence-corrected chi connectivity index (χ0v) is 29.7. The quantitative estimate of drug-likeness (QED) is 0.162. The predicted octanol–water partition coefficient (Wildman–Crippen LogP) is 14.5. The van der Waals surface area contributed by atoms with Crippen LogP contribution in [0.1, 0.15) is 0 Å². The number of rotatable bonds is 6. The Morgan fingerprint density at radius 3 is 1.82 bits per heavy atom. The van der Waals surface area contributed by atoms with Gasteiger partial charge in [0, 0.05) is 38.8 Å². The second-order valence-corrected chi connectivity index (χ2v) is 13.9. The van der Waals surface area contributed by atoms with Crippen molar-refractivity contribution in [3.63, 3.8) is 0 Å². The standard InChI is InChI=1S/C51H32N2O2/c1-4-12-34(13-5-1)44-30-37-23-29-46-50(55-51(52-46)35-14-6-2-7-15-35)49(37)45-32-40(26-28-41(44)45)53(38-16-8-3-9-17-38)39-24-20-33(21-25-39)36-22-27-43-42-18-10-11-19-47(42)54-48(43)31-36/h1-32H. The molecule has 0 bridgehead atoms. The second kappa shape index (κ2) is 12.6. The number of aromatic nitrogens is 1. The normalized spacial score (nSPS) is 11.6. The van der Waals surface area contributed by atoms with E-state index in [0.717, 1.165) is 88.3 Å². The van der Waals surface area contributed by atoms with Gasteiger partial charge in [-0.3, -0.25) is 0 Å². The van der Waals surface area contributed by atoms with Gasteiger partial charge in [0.15, 0.2) is 5.58 Å². The lowest BCUT2D eigenvalue weighted by Crippen LogP contribution is -2.09. The van der Waals surface area contributed by atoms with Gasteiger partial charge in [-0.1, -0.05) is 115 Å². The molecule has 11 aromatic rings. The first kappa shape index (κ1) is 31.1. The van der Waals surface area contributed by atoms with Gasteiger partial charge in [-0.2, -0.15) is 0 Å². The highest BCUT2D eigenvalue weighted by atomic mass is 16.3. The fourth-order valence-corrected chi connectivity index (χ4v) is 8.04. The van der Waals surface area contributed by atoms with Crippen molar-refractivity contribution >= 4 is 71.6 Å². The zero-order chi connectivity index (χ0) is 36.3. The molecule has 0 radical (unpaired) electrons. The van der Waals surface area contributed by atoms with E-state index >= 15 is 0 Å². The lowest BCUT2D eigenvalue weighted by Gasteiger charge is -2.26. The number of fused-ring (bicyclic) bond motifs is 8. The average molecular weight is 705 g/mol. The maximum Gasteiger partial charge on any atom is 0.227 e. The first-order valence-corrected chi connectivity index (χ1v) is 18.5. The van der Waals surface area contributed by atoms with E-state index < -0.39 is 0 Å². The van der Waals surface area contributed by atoms with Gasteiger partial charge in [0.05, 0.1) is 0 Å². The Morgan fingerprint density at radius 1 is 0.382 bits per heavy atom. The third kappa shape index (κ3) is 5.26. The monoisotopic (exact) mass is 704 g/mol. The molecule has 4 nitrogen and oxygen atoms in total. The second-order valence-electron chi connectivity index (χ2n) is 13.9. The van der Waals surface area contributed by atoms with Crippen LogP contribution in [-0.4, -0.2) is 4.98 Å². The van der Waals surface area contributed by atoms with Gasteiger partial charge >= 0.3 is 0 Å². The predicted molar refractivity (Wildman–Crippen MR) is 227 cm³/mol. The fraction of sp³-hybridized carbons (Fsp3) is 0. The summed E-state index contributed by atoms with van der Waals surface area (Å²) in [5, 5.41) is 6.67. The van der Waals surface area contributed by atoms with Crippen LogP contribution in [0, 0.1) is 0 Å². The van der Waals surface area contributed by atoms with Gasteiger partial charge < -0.3 is 13.7 Å². The Labute approximate surface area is 317 Å². The Hall–Kier alpha value is -7.43. The molecule has 0 aliphatic heterocycles. The SMILES string of the molecule is c1ccc(-c2nc3ccc4cc(-c5ccccc5)c5ccc(N(c6ccccc6)c6ccc(-c7ccc8c(c7)oc7ccccc78)cc6)cc5c4c3o2)cc1. The smallest absolute Gasteiger partial charge is 0.227 e. The van der Waals surface area contributed by atoms with Crippen molar-refractivity contribution in [2.45, 2.75) is 0 Å². The van der Waals surface area contributed by atoms with E-state index in [1.807, 2.05) is 42.5 Å². The molecule has 11 rings (SSSR count). The lowest BCUT2D eigenvalue weighted by atomic mass is 9.92. The van der Waals surface area contributed by atoms with E-state index in [1.54, 1.807) is 0 Å². The summed E-state index contributed by atoms with van der Waals surface area (Å²) in [5.41, 5.74) is 12.1. The molecule has 0 saturated carbocycles. The molecule has 0 aliphatic rings. The van der Waals surface area contributed by atoms with Gasteiger partial charge in [0.1, 0.15) is 16.7 Å². The van der Waals surface area contributed by atoms with Crippen LogP contribution in [0.5, 0.6) is 0 Å². The van der Waals surface area contributed by atoms with Gasteiger partial charge in [0.2, 0.25) is 5.89 Å². The number of hydrogen-bond acceptors (Lipinski definition) is 4. The van der Waals surface area contributed by atoms with Crippen LogP contribution in [0.2, 0.25) is 0 Å². The maximum atomic E-state index is 6.66. The first-order chi connectivity index (χ1) is 27.2. The number of hydrogen-bond donors (Lipinski definition) is 0. The Bertz CT molecular complexity index is 3180. The summed E-state index contributed by atoms with van der Waals surface area (Å²) in [7, 11) is 0. The summed E-state index contributed by atoms with van der Waals surface area (Å²) in [4.78, 5) is 7.27. The molecule has 2 heterocycles. The van der Waals surface area contributed by atoms with E-state index in [9.17, 15) is 0 Å². The van der Waals surface area contributed by atoms with E-state index in [2.05, 4.69) is 157 Å². The number of furan rings is 1. The van der Waals surface area contributed by atoms with Crippen molar-refractivity contribution in [2.75, 3.05) is 4.90 Å². The highest BCUT2D eigenvalue weighted by Crippen LogP contribution is 2.44. The van der Waals surface area contributed by atoms with Crippen molar-refractivity contribution < 1.29 is 8.83 Å². The van der Waals surface area contributed by atoms with Crippen molar-refractivity contribution in [3.05, 3.63) is 194 Å². The van der Waals surface area contributed by atoms with Crippen molar-refractivity contribution in [2.24, 2.45) is 0 Å². The number of para-hydroxylation sites is 2. The first-order valence-electron chi connectivity index (χ1n) is 18.5. The molecule has 0 N–H and O–H groups in total. The van der Waals surface area contributed by atoms with Crippen molar-refractivity contribution in [1.82, 2.24) is 4.98 Å². The van der Waals surface area contributed by atoms with Crippen LogP contribution in [0.25, 0.3) is 88.3 Å². The Balaban J connectivity index is 1.09. The minimum Gasteiger partial charge on any atom is -0.456 e.